The molecular formula is C23H24N2O2. The molecule has 4 heteroatoms. The molecule has 2 fully saturated rings. The van der Waals surface area contributed by atoms with E-state index in [9.17, 15) is 4.79 Å². The van der Waals surface area contributed by atoms with Crippen LogP contribution >= 0.6 is 0 Å². The average molecular weight is 360 g/mol. The molecular weight excluding hydrogens is 336 g/mol. The number of benzene rings is 2. The SMILES string of the molecule is C#CCOc1ccc2ccccc2c1/C=N\NC(=O)[C@@H]1[C@H]2CCCC[C@@]21C. The molecule has 2 aromatic carbocycles. The van der Waals surface area contributed by atoms with E-state index >= 15 is 0 Å². The minimum atomic E-state index is 0.0342. The first-order valence-corrected chi connectivity index (χ1v) is 9.56. The molecule has 0 heterocycles. The molecule has 0 bridgehead atoms. The Kier molecular flexibility index (Phi) is 4.61. The maximum Gasteiger partial charge on any atom is 0.244 e. The molecule has 2 saturated carbocycles. The normalized spacial score (nSPS) is 26.4. The van der Waals surface area contributed by atoms with Crippen molar-refractivity contribution >= 4 is 22.9 Å². The standard InChI is InChI=1S/C23H24N2O2/c1-3-14-27-20-12-11-16-8-4-5-9-17(16)18(20)15-24-25-22(26)21-19-10-6-7-13-23(19,21)2/h1,4-5,8-9,11-12,15,19,21H,6-7,10,13-14H2,2H3,(H,25,26)/b24-15-/t19-,21+,23+/m1/s1. The van der Waals surface area contributed by atoms with Crippen LogP contribution in [0.1, 0.15) is 38.2 Å². The van der Waals surface area contributed by atoms with Gasteiger partial charge >= 0.3 is 0 Å². The topological polar surface area (TPSA) is 50.7 Å². The number of amides is 1. The fourth-order valence-corrected chi connectivity index (χ4v) is 4.73. The van der Waals surface area contributed by atoms with Crippen molar-refractivity contribution < 1.29 is 9.53 Å². The molecule has 4 rings (SSSR count). The van der Waals surface area contributed by atoms with E-state index in [1.807, 2.05) is 36.4 Å². The molecule has 4 nitrogen and oxygen atoms in total. The number of hydrazone groups is 1. The summed E-state index contributed by atoms with van der Waals surface area (Å²) >= 11 is 0. The highest BCUT2D eigenvalue weighted by Crippen LogP contribution is 2.66. The largest absolute Gasteiger partial charge is 0.480 e. The lowest BCUT2D eigenvalue weighted by Crippen LogP contribution is -2.22. The number of hydrogen-bond acceptors (Lipinski definition) is 3. The van der Waals surface area contributed by atoms with E-state index in [2.05, 4.69) is 23.4 Å². The lowest BCUT2D eigenvalue weighted by atomic mass is 9.90. The van der Waals surface area contributed by atoms with Crippen molar-refractivity contribution in [2.75, 3.05) is 6.61 Å². The Morgan fingerprint density at radius 1 is 1.37 bits per heavy atom. The van der Waals surface area contributed by atoms with E-state index in [4.69, 9.17) is 11.2 Å². The molecule has 138 valence electrons. The van der Waals surface area contributed by atoms with Gasteiger partial charge in [-0.25, -0.2) is 5.43 Å². The Balaban J connectivity index is 1.54. The zero-order chi connectivity index (χ0) is 18.9. The van der Waals surface area contributed by atoms with E-state index in [0.717, 1.165) is 29.2 Å². The number of rotatable bonds is 5. The Morgan fingerprint density at radius 2 is 2.22 bits per heavy atom. The minimum absolute atomic E-state index is 0.0342. The summed E-state index contributed by atoms with van der Waals surface area (Å²) in [5, 5.41) is 6.35. The maximum absolute atomic E-state index is 12.6. The van der Waals surface area contributed by atoms with Crippen LogP contribution in [0.4, 0.5) is 0 Å². The third-order valence-electron chi connectivity index (χ3n) is 6.22. The molecule has 0 unspecified atom stereocenters. The average Bonchev–Trinajstić information content (AvgIpc) is 3.32. The monoisotopic (exact) mass is 360 g/mol. The first-order chi connectivity index (χ1) is 13.1. The number of ether oxygens (including phenoxy) is 1. The van der Waals surface area contributed by atoms with E-state index in [1.165, 1.54) is 12.8 Å². The van der Waals surface area contributed by atoms with Gasteiger partial charge in [0.1, 0.15) is 12.4 Å². The Hall–Kier alpha value is -2.80. The summed E-state index contributed by atoms with van der Waals surface area (Å²) in [4.78, 5) is 12.6. The van der Waals surface area contributed by atoms with Crippen LogP contribution in [-0.4, -0.2) is 18.7 Å². The van der Waals surface area contributed by atoms with Crippen molar-refractivity contribution in [3.8, 4) is 18.1 Å². The van der Waals surface area contributed by atoms with Gasteiger partial charge < -0.3 is 4.74 Å². The number of terminal acetylenes is 1. The number of hydrogen-bond donors (Lipinski definition) is 1. The van der Waals surface area contributed by atoms with Crippen molar-refractivity contribution in [1.29, 1.82) is 0 Å². The molecule has 0 aliphatic heterocycles. The van der Waals surface area contributed by atoms with Crippen molar-refractivity contribution in [2.24, 2.45) is 22.4 Å². The molecule has 0 aromatic heterocycles. The first kappa shape index (κ1) is 17.6. The van der Waals surface area contributed by atoms with Crippen LogP contribution in [0.15, 0.2) is 41.5 Å². The fourth-order valence-electron chi connectivity index (χ4n) is 4.73. The summed E-state index contributed by atoms with van der Waals surface area (Å²) in [5.74, 6) is 3.80. The van der Waals surface area contributed by atoms with Gasteiger partial charge in [0.25, 0.3) is 0 Å². The lowest BCUT2D eigenvalue weighted by molar-refractivity contribution is -0.123. The van der Waals surface area contributed by atoms with Gasteiger partial charge in [-0.05, 0) is 41.0 Å². The molecule has 2 aromatic rings. The predicted octanol–water partition coefficient (Wildman–Crippen LogP) is 4.13. The zero-order valence-electron chi connectivity index (χ0n) is 15.6. The smallest absolute Gasteiger partial charge is 0.244 e. The second kappa shape index (κ2) is 7.08. The Labute approximate surface area is 160 Å². The van der Waals surface area contributed by atoms with Gasteiger partial charge in [-0.1, -0.05) is 56.0 Å². The molecule has 0 saturated heterocycles. The van der Waals surface area contributed by atoms with Crippen LogP contribution in [0.3, 0.4) is 0 Å². The quantitative estimate of drug-likeness (QED) is 0.495. The summed E-state index contributed by atoms with van der Waals surface area (Å²) in [7, 11) is 0. The van der Waals surface area contributed by atoms with Crippen LogP contribution < -0.4 is 10.2 Å². The third kappa shape index (κ3) is 3.19. The predicted molar refractivity (Wildman–Crippen MR) is 108 cm³/mol. The van der Waals surface area contributed by atoms with Crippen molar-refractivity contribution in [3.63, 3.8) is 0 Å². The van der Waals surface area contributed by atoms with Gasteiger partial charge in [0.15, 0.2) is 0 Å². The van der Waals surface area contributed by atoms with E-state index in [-0.39, 0.29) is 23.8 Å². The molecule has 1 amide bonds. The highest BCUT2D eigenvalue weighted by atomic mass is 16.5. The fraction of sp³-hybridized carbons (Fsp3) is 0.391. The number of nitrogens with one attached hydrogen (secondary N) is 1. The lowest BCUT2D eigenvalue weighted by Gasteiger charge is -2.15. The molecule has 2 aliphatic carbocycles. The van der Waals surface area contributed by atoms with E-state index in [0.29, 0.717) is 11.7 Å². The summed E-state index contributed by atoms with van der Waals surface area (Å²) in [6, 6.07) is 11.9. The van der Waals surface area contributed by atoms with Crippen LogP contribution in [-0.2, 0) is 4.79 Å². The Morgan fingerprint density at radius 3 is 3.00 bits per heavy atom. The van der Waals surface area contributed by atoms with Crippen LogP contribution in [0.5, 0.6) is 5.75 Å². The second-order valence-corrected chi connectivity index (χ2v) is 7.76. The van der Waals surface area contributed by atoms with Crippen LogP contribution in [0, 0.1) is 29.6 Å². The van der Waals surface area contributed by atoms with Crippen molar-refractivity contribution in [2.45, 2.75) is 32.6 Å². The van der Waals surface area contributed by atoms with Gasteiger partial charge in [0.05, 0.1) is 6.21 Å². The molecule has 1 N–H and O–H groups in total. The molecule has 0 radical (unpaired) electrons. The van der Waals surface area contributed by atoms with Crippen LogP contribution in [0.2, 0.25) is 0 Å². The van der Waals surface area contributed by atoms with Gasteiger partial charge in [-0.15, -0.1) is 6.42 Å². The molecule has 0 spiro atoms. The number of carbonyl (C=O) groups is 1. The zero-order valence-corrected chi connectivity index (χ0v) is 15.6. The highest BCUT2D eigenvalue weighted by molar-refractivity contribution is 6.02. The van der Waals surface area contributed by atoms with Gasteiger partial charge in [0, 0.05) is 11.5 Å². The number of nitrogens with zero attached hydrogens (tertiary/aromatic N) is 1. The number of fused-ring (bicyclic) bond motifs is 2. The van der Waals surface area contributed by atoms with E-state index < -0.39 is 0 Å². The van der Waals surface area contributed by atoms with Crippen molar-refractivity contribution in [1.82, 2.24) is 5.43 Å². The van der Waals surface area contributed by atoms with Gasteiger partial charge in [0.2, 0.25) is 5.91 Å². The molecule has 2 aliphatic rings. The summed E-state index contributed by atoms with van der Waals surface area (Å²) < 4.78 is 5.66. The highest BCUT2D eigenvalue weighted by Gasteiger charge is 2.64. The maximum atomic E-state index is 12.6. The summed E-state index contributed by atoms with van der Waals surface area (Å²) in [6.07, 6.45) is 11.8. The number of carbonyl (C=O) groups excluding carboxylic acids is 1. The van der Waals surface area contributed by atoms with E-state index in [1.54, 1.807) is 6.21 Å². The van der Waals surface area contributed by atoms with Gasteiger partial charge in [-0.2, -0.15) is 5.10 Å². The second-order valence-electron chi connectivity index (χ2n) is 7.76. The summed E-state index contributed by atoms with van der Waals surface area (Å²) in [6.45, 7) is 2.43. The van der Waals surface area contributed by atoms with Gasteiger partial charge in [-0.3, -0.25) is 4.79 Å². The molecule has 3 atom stereocenters. The van der Waals surface area contributed by atoms with Crippen molar-refractivity contribution in [3.05, 3.63) is 42.0 Å². The molecule has 27 heavy (non-hydrogen) atoms. The Bertz CT molecular complexity index is 943. The van der Waals surface area contributed by atoms with Crippen LogP contribution in [0.25, 0.3) is 10.8 Å². The summed E-state index contributed by atoms with van der Waals surface area (Å²) in [5.41, 5.74) is 3.76. The minimum Gasteiger partial charge on any atom is -0.480 e. The first-order valence-electron chi connectivity index (χ1n) is 9.56. The third-order valence-corrected chi connectivity index (χ3v) is 6.22.